The molecule has 1 fully saturated rings. The van der Waals surface area contributed by atoms with E-state index in [2.05, 4.69) is 9.64 Å². The second-order valence-corrected chi connectivity index (χ2v) is 8.09. The molecule has 1 aliphatic heterocycles. The van der Waals surface area contributed by atoms with Crippen LogP contribution in [-0.4, -0.2) is 73.1 Å². The molecular formula is C22H28N2O5S. The summed E-state index contributed by atoms with van der Waals surface area (Å²) in [6.07, 6.45) is 0.915. The van der Waals surface area contributed by atoms with Gasteiger partial charge in [0.05, 0.1) is 26.0 Å². The molecule has 0 unspecified atom stereocenters. The first-order chi connectivity index (χ1) is 14.7. The molecule has 8 heteroatoms. The van der Waals surface area contributed by atoms with Crippen molar-refractivity contribution in [2.75, 3.05) is 51.4 Å². The normalized spacial score (nSPS) is 14.9. The average Bonchev–Trinajstić information content (AvgIpc) is 3.11. The first-order valence-electron chi connectivity index (χ1n) is 10.1. The number of furan rings is 1. The number of amides is 1. The van der Waals surface area contributed by atoms with E-state index in [0.29, 0.717) is 25.4 Å². The lowest BCUT2D eigenvalue weighted by molar-refractivity contribution is -0.128. The number of esters is 1. The Morgan fingerprint density at radius 3 is 2.70 bits per heavy atom. The van der Waals surface area contributed by atoms with E-state index < -0.39 is 5.97 Å². The fourth-order valence-corrected chi connectivity index (χ4v) is 3.96. The van der Waals surface area contributed by atoms with Crippen LogP contribution in [0.5, 0.6) is 5.75 Å². The van der Waals surface area contributed by atoms with Gasteiger partial charge in [-0.2, -0.15) is 0 Å². The van der Waals surface area contributed by atoms with Crippen LogP contribution in [0.3, 0.4) is 0 Å². The zero-order valence-corrected chi connectivity index (χ0v) is 18.1. The number of hydrogen-bond donors (Lipinski definition) is 0. The van der Waals surface area contributed by atoms with Gasteiger partial charge >= 0.3 is 5.97 Å². The maximum atomic E-state index is 12.5. The number of para-hydroxylation sites is 1. The molecular weight excluding hydrogens is 404 g/mol. The highest BCUT2D eigenvalue weighted by Crippen LogP contribution is 2.14. The number of methoxy groups -OCH3 is 1. The molecule has 162 valence electrons. The number of thioether (sulfide) groups is 1. The Morgan fingerprint density at radius 1 is 1.07 bits per heavy atom. The lowest BCUT2D eigenvalue weighted by atomic mass is 10.3. The summed E-state index contributed by atoms with van der Waals surface area (Å²) in [4.78, 5) is 28.2. The zero-order valence-electron chi connectivity index (χ0n) is 17.2. The number of nitrogens with zero attached hydrogens (tertiary/aromatic N) is 2. The first-order valence-corrected chi connectivity index (χ1v) is 11.2. The number of hydrogen-bond acceptors (Lipinski definition) is 7. The van der Waals surface area contributed by atoms with Crippen molar-refractivity contribution >= 4 is 23.6 Å². The van der Waals surface area contributed by atoms with E-state index in [9.17, 15) is 9.59 Å². The highest BCUT2D eigenvalue weighted by molar-refractivity contribution is 7.99. The van der Waals surface area contributed by atoms with Crippen LogP contribution in [0.1, 0.15) is 22.7 Å². The zero-order chi connectivity index (χ0) is 21.2. The van der Waals surface area contributed by atoms with Crippen LogP contribution in [0.25, 0.3) is 0 Å². The number of benzene rings is 1. The third kappa shape index (κ3) is 6.81. The molecule has 1 amide bonds. The van der Waals surface area contributed by atoms with Crippen LogP contribution in [0, 0.1) is 0 Å². The average molecular weight is 433 g/mol. The summed E-state index contributed by atoms with van der Waals surface area (Å²) in [5.41, 5.74) is 0. The number of ether oxygens (including phenoxy) is 2. The van der Waals surface area contributed by atoms with E-state index in [-0.39, 0.29) is 11.7 Å². The van der Waals surface area contributed by atoms with Gasteiger partial charge in [0.15, 0.2) is 0 Å². The van der Waals surface area contributed by atoms with Crippen LogP contribution in [0.4, 0.5) is 0 Å². The van der Waals surface area contributed by atoms with Crippen molar-refractivity contribution in [3.8, 4) is 5.75 Å². The molecule has 0 bridgehead atoms. The highest BCUT2D eigenvalue weighted by atomic mass is 32.2. The molecule has 0 spiro atoms. The van der Waals surface area contributed by atoms with Crippen molar-refractivity contribution in [3.63, 3.8) is 0 Å². The SMILES string of the molecule is COC(=O)c1ccc(CN2CCCN(C(=O)CSCCOc3ccccc3)CC2)o1. The standard InChI is InChI=1S/C22H28N2O5S/c1-27-22(26)20-9-8-19(29-20)16-23-10-5-11-24(13-12-23)21(25)17-30-15-14-28-18-6-3-2-4-7-18/h2-4,6-9H,5,10-17H2,1H3. The van der Waals surface area contributed by atoms with Crippen molar-refractivity contribution in [3.05, 3.63) is 54.0 Å². The number of carbonyl (C=O) groups is 2. The Balaban J connectivity index is 1.35. The fraction of sp³-hybridized carbons (Fsp3) is 0.455. The molecule has 0 N–H and O–H groups in total. The lowest BCUT2D eigenvalue weighted by Crippen LogP contribution is -2.36. The first kappa shape index (κ1) is 22.2. The third-order valence-electron chi connectivity index (χ3n) is 4.83. The van der Waals surface area contributed by atoms with E-state index in [1.807, 2.05) is 35.2 Å². The lowest BCUT2D eigenvalue weighted by Gasteiger charge is -2.21. The van der Waals surface area contributed by atoms with E-state index in [0.717, 1.165) is 43.3 Å². The number of carbonyl (C=O) groups excluding carboxylic acids is 2. The second kappa shape index (κ2) is 11.7. The minimum absolute atomic E-state index is 0.174. The van der Waals surface area contributed by atoms with Gasteiger partial charge in [-0.3, -0.25) is 9.69 Å². The minimum Gasteiger partial charge on any atom is -0.493 e. The largest absolute Gasteiger partial charge is 0.493 e. The van der Waals surface area contributed by atoms with Crippen LogP contribution < -0.4 is 4.74 Å². The van der Waals surface area contributed by atoms with Crippen LogP contribution >= 0.6 is 11.8 Å². The summed E-state index contributed by atoms with van der Waals surface area (Å²) >= 11 is 1.60. The van der Waals surface area contributed by atoms with Gasteiger partial charge in [0, 0.05) is 31.9 Å². The molecule has 30 heavy (non-hydrogen) atoms. The molecule has 1 aromatic heterocycles. The number of rotatable bonds is 9. The molecule has 2 aromatic rings. The Morgan fingerprint density at radius 2 is 1.90 bits per heavy atom. The van der Waals surface area contributed by atoms with E-state index in [1.54, 1.807) is 23.9 Å². The summed E-state index contributed by atoms with van der Waals surface area (Å²) in [5, 5.41) is 0. The van der Waals surface area contributed by atoms with Crippen LogP contribution in [-0.2, 0) is 16.1 Å². The Kier molecular flexibility index (Phi) is 8.65. The maximum Gasteiger partial charge on any atom is 0.373 e. The van der Waals surface area contributed by atoms with Gasteiger partial charge in [0.2, 0.25) is 11.7 Å². The molecule has 2 heterocycles. The fourth-order valence-electron chi connectivity index (χ4n) is 3.26. The topological polar surface area (TPSA) is 72.2 Å². The summed E-state index contributed by atoms with van der Waals surface area (Å²) in [7, 11) is 1.33. The van der Waals surface area contributed by atoms with Crippen molar-refractivity contribution in [1.82, 2.24) is 9.80 Å². The second-order valence-electron chi connectivity index (χ2n) is 6.98. The molecule has 1 aromatic carbocycles. The van der Waals surface area contributed by atoms with Gasteiger partial charge < -0.3 is 18.8 Å². The van der Waals surface area contributed by atoms with E-state index in [4.69, 9.17) is 9.15 Å². The monoisotopic (exact) mass is 432 g/mol. The quantitative estimate of drug-likeness (QED) is 0.446. The molecule has 1 aliphatic rings. The molecule has 1 saturated heterocycles. The van der Waals surface area contributed by atoms with Crippen LogP contribution in [0.2, 0.25) is 0 Å². The third-order valence-corrected chi connectivity index (χ3v) is 5.74. The van der Waals surface area contributed by atoms with Gasteiger partial charge in [-0.05, 0) is 30.7 Å². The molecule has 3 rings (SSSR count). The summed E-state index contributed by atoms with van der Waals surface area (Å²) < 4.78 is 15.9. The van der Waals surface area contributed by atoms with Gasteiger partial charge in [-0.1, -0.05) is 18.2 Å². The molecule has 7 nitrogen and oxygen atoms in total. The molecule has 0 saturated carbocycles. The predicted octanol–water partition coefficient (Wildman–Crippen LogP) is 2.91. The van der Waals surface area contributed by atoms with Crippen LogP contribution in [0.15, 0.2) is 46.9 Å². The van der Waals surface area contributed by atoms with Crippen molar-refractivity contribution < 1.29 is 23.5 Å². The van der Waals surface area contributed by atoms with E-state index in [1.165, 1.54) is 7.11 Å². The van der Waals surface area contributed by atoms with E-state index >= 15 is 0 Å². The van der Waals surface area contributed by atoms with Crippen molar-refractivity contribution in [2.24, 2.45) is 0 Å². The predicted molar refractivity (Wildman–Crippen MR) is 116 cm³/mol. The summed E-state index contributed by atoms with van der Waals surface area (Å²) in [6, 6.07) is 13.1. The van der Waals surface area contributed by atoms with Gasteiger partial charge in [0.25, 0.3) is 0 Å². The highest BCUT2D eigenvalue weighted by Gasteiger charge is 2.20. The van der Waals surface area contributed by atoms with Gasteiger partial charge in [-0.25, -0.2) is 4.79 Å². The Labute approximate surface area is 181 Å². The Hall–Kier alpha value is -2.45. The van der Waals surface area contributed by atoms with Gasteiger partial charge in [0.1, 0.15) is 11.5 Å². The van der Waals surface area contributed by atoms with Crippen molar-refractivity contribution in [1.29, 1.82) is 0 Å². The van der Waals surface area contributed by atoms with Gasteiger partial charge in [-0.15, -0.1) is 11.8 Å². The molecule has 0 radical (unpaired) electrons. The summed E-state index contributed by atoms with van der Waals surface area (Å²) in [5.74, 6) is 2.75. The molecule has 0 aliphatic carbocycles. The maximum absolute atomic E-state index is 12.5. The smallest absolute Gasteiger partial charge is 0.373 e. The van der Waals surface area contributed by atoms with Crippen molar-refractivity contribution in [2.45, 2.75) is 13.0 Å². The Bertz CT molecular complexity index is 811. The summed E-state index contributed by atoms with van der Waals surface area (Å²) in [6.45, 7) is 4.33. The molecule has 0 atom stereocenters. The minimum atomic E-state index is -0.472.